The van der Waals surface area contributed by atoms with Gasteiger partial charge in [-0.15, -0.1) is 0 Å². The van der Waals surface area contributed by atoms with Crippen LogP contribution >= 0.6 is 12.6 Å². The van der Waals surface area contributed by atoms with Crippen LogP contribution in [0.15, 0.2) is 0 Å². The lowest BCUT2D eigenvalue weighted by atomic mass is 10.1. The molecule has 3 heteroatoms. The van der Waals surface area contributed by atoms with Gasteiger partial charge in [0.1, 0.15) is 0 Å². The molecular weight excluding hydrogens is 184 g/mol. The predicted octanol–water partition coefficient (Wildman–Crippen LogP) is 2.53. The fourth-order valence-corrected chi connectivity index (χ4v) is 1.28. The van der Waals surface area contributed by atoms with Gasteiger partial charge in [0.15, 0.2) is 0 Å². The second-order valence-electron chi connectivity index (χ2n) is 3.10. The Morgan fingerprint density at radius 1 is 0.846 bits per heavy atom. The molecular formula is C10H22O2S. The highest BCUT2D eigenvalue weighted by molar-refractivity contribution is 7.80. The van der Waals surface area contributed by atoms with Crippen LogP contribution in [0.1, 0.15) is 32.1 Å². The molecule has 0 N–H and O–H groups in total. The molecule has 0 aromatic heterocycles. The van der Waals surface area contributed by atoms with Gasteiger partial charge in [0, 0.05) is 26.1 Å². The van der Waals surface area contributed by atoms with E-state index in [1.807, 2.05) is 0 Å². The van der Waals surface area contributed by atoms with Crippen molar-refractivity contribution in [1.29, 1.82) is 0 Å². The van der Waals surface area contributed by atoms with E-state index in [0.29, 0.717) is 0 Å². The Morgan fingerprint density at radius 2 is 1.46 bits per heavy atom. The van der Waals surface area contributed by atoms with Crippen molar-refractivity contribution in [1.82, 2.24) is 0 Å². The zero-order chi connectivity index (χ0) is 9.78. The Labute approximate surface area is 87.4 Å². The Kier molecular flexibility index (Phi) is 12.5. The van der Waals surface area contributed by atoms with Gasteiger partial charge in [-0.2, -0.15) is 12.6 Å². The summed E-state index contributed by atoms with van der Waals surface area (Å²) in [5, 5.41) is 0. The Bertz CT molecular complexity index is 79.0. The van der Waals surface area contributed by atoms with Crippen LogP contribution in [0.2, 0.25) is 0 Å². The van der Waals surface area contributed by atoms with Crippen LogP contribution in [0.3, 0.4) is 0 Å². The van der Waals surface area contributed by atoms with Crippen molar-refractivity contribution in [2.24, 2.45) is 0 Å². The average Bonchev–Trinajstić information content (AvgIpc) is 2.16. The normalized spacial score (nSPS) is 10.6. The second-order valence-corrected chi connectivity index (χ2v) is 3.54. The third kappa shape index (κ3) is 12.3. The first-order chi connectivity index (χ1) is 6.41. The van der Waals surface area contributed by atoms with Crippen LogP contribution in [0.25, 0.3) is 0 Å². The Morgan fingerprint density at radius 3 is 2.08 bits per heavy atom. The SMILES string of the molecule is COCCCCCCCOCCS. The van der Waals surface area contributed by atoms with Crippen LogP contribution < -0.4 is 0 Å². The smallest absolute Gasteiger partial charge is 0.0554 e. The van der Waals surface area contributed by atoms with Gasteiger partial charge in [-0.25, -0.2) is 0 Å². The van der Waals surface area contributed by atoms with E-state index in [0.717, 1.165) is 25.6 Å². The summed E-state index contributed by atoms with van der Waals surface area (Å²) in [5.41, 5.74) is 0. The van der Waals surface area contributed by atoms with E-state index in [9.17, 15) is 0 Å². The molecule has 0 aromatic carbocycles. The van der Waals surface area contributed by atoms with Gasteiger partial charge < -0.3 is 9.47 Å². The summed E-state index contributed by atoms with van der Waals surface area (Å²) in [6, 6.07) is 0. The molecule has 0 atom stereocenters. The molecule has 0 aliphatic rings. The number of hydrogen-bond donors (Lipinski definition) is 1. The van der Waals surface area contributed by atoms with Crippen LogP contribution in [0.5, 0.6) is 0 Å². The zero-order valence-corrected chi connectivity index (χ0v) is 9.52. The van der Waals surface area contributed by atoms with E-state index in [1.165, 1.54) is 32.1 Å². The number of methoxy groups -OCH3 is 1. The molecule has 0 unspecified atom stereocenters. The van der Waals surface area contributed by atoms with E-state index < -0.39 is 0 Å². The molecule has 0 saturated carbocycles. The van der Waals surface area contributed by atoms with Crippen LogP contribution in [-0.2, 0) is 9.47 Å². The van der Waals surface area contributed by atoms with E-state index in [-0.39, 0.29) is 0 Å². The van der Waals surface area contributed by atoms with Gasteiger partial charge in [-0.05, 0) is 12.8 Å². The van der Waals surface area contributed by atoms with Crippen molar-refractivity contribution < 1.29 is 9.47 Å². The molecule has 2 nitrogen and oxygen atoms in total. The molecule has 0 bridgehead atoms. The maximum Gasteiger partial charge on any atom is 0.0554 e. The standard InChI is InChI=1S/C10H22O2S/c1-11-7-5-3-2-4-6-8-12-9-10-13/h13H,2-10H2,1H3. The maximum atomic E-state index is 5.31. The molecule has 0 heterocycles. The third-order valence-electron chi connectivity index (χ3n) is 1.87. The van der Waals surface area contributed by atoms with Gasteiger partial charge in [0.05, 0.1) is 6.61 Å². The largest absolute Gasteiger partial charge is 0.385 e. The Hall–Kier alpha value is 0.270. The van der Waals surface area contributed by atoms with Crippen molar-refractivity contribution in [3.05, 3.63) is 0 Å². The first kappa shape index (κ1) is 13.3. The van der Waals surface area contributed by atoms with E-state index >= 15 is 0 Å². The summed E-state index contributed by atoms with van der Waals surface area (Å²) in [4.78, 5) is 0. The Balaban J connectivity index is 2.76. The molecule has 0 saturated heterocycles. The van der Waals surface area contributed by atoms with Gasteiger partial charge in [-0.3, -0.25) is 0 Å². The van der Waals surface area contributed by atoms with E-state index in [1.54, 1.807) is 7.11 Å². The highest BCUT2D eigenvalue weighted by atomic mass is 32.1. The van der Waals surface area contributed by atoms with Crippen molar-refractivity contribution in [2.45, 2.75) is 32.1 Å². The molecule has 0 aliphatic carbocycles. The van der Waals surface area contributed by atoms with Crippen molar-refractivity contribution in [3.8, 4) is 0 Å². The van der Waals surface area contributed by atoms with Gasteiger partial charge in [0.2, 0.25) is 0 Å². The fourth-order valence-electron chi connectivity index (χ4n) is 1.15. The summed E-state index contributed by atoms with van der Waals surface area (Å²) >= 11 is 4.06. The summed E-state index contributed by atoms with van der Waals surface area (Å²) in [6.45, 7) is 2.58. The number of thiol groups is 1. The van der Waals surface area contributed by atoms with Crippen molar-refractivity contribution in [2.75, 3.05) is 32.7 Å². The summed E-state index contributed by atoms with van der Waals surface area (Å²) in [5.74, 6) is 0.827. The average molecular weight is 206 g/mol. The minimum atomic E-state index is 0.785. The minimum absolute atomic E-state index is 0.785. The third-order valence-corrected chi connectivity index (χ3v) is 2.06. The molecule has 0 fully saturated rings. The summed E-state index contributed by atoms with van der Waals surface area (Å²) in [6.07, 6.45) is 6.22. The second kappa shape index (κ2) is 12.3. The molecule has 0 amide bonds. The molecule has 13 heavy (non-hydrogen) atoms. The minimum Gasteiger partial charge on any atom is -0.385 e. The molecule has 80 valence electrons. The molecule has 0 radical (unpaired) electrons. The molecule has 0 aromatic rings. The topological polar surface area (TPSA) is 18.5 Å². The van der Waals surface area contributed by atoms with Gasteiger partial charge in [-0.1, -0.05) is 19.3 Å². The molecule has 0 rings (SSSR count). The van der Waals surface area contributed by atoms with Gasteiger partial charge >= 0.3 is 0 Å². The van der Waals surface area contributed by atoms with Crippen LogP contribution in [0.4, 0.5) is 0 Å². The highest BCUT2D eigenvalue weighted by Gasteiger charge is 1.90. The number of hydrogen-bond acceptors (Lipinski definition) is 3. The summed E-state index contributed by atoms with van der Waals surface area (Å²) in [7, 11) is 1.76. The summed E-state index contributed by atoms with van der Waals surface area (Å²) < 4.78 is 10.3. The quantitative estimate of drug-likeness (QED) is 0.437. The fraction of sp³-hybridized carbons (Fsp3) is 1.00. The number of ether oxygens (including phenoxy) is 2. The first-order valence-electron chi connectivity index (χ1n) is 5.09. The monoisotopic (exact) mass is 206 g/mol. The van der Waals surface area contributed by atoms with Crippen molar-refractivity contribution >= 4 is 12.6 Å². The number of unbranched alkanes of at least 4 members (excludes halogenated alkanes) is 4. The number of rotatable bonds is 10. The van der Waals surface area contributed by atoms with Gasteiger partial charge in [0.25, 0.3) is 0 Å². The predicted molar refractivity (Wildman–Crippen MR) is 59.6 cm³/mol. The van der Waals surface area contributed by atoms with Crippen LogP contribution in [-0.4, -0.2) is 32.7 Å². The highest BCUT2D eigenvalue weighted by Crippen LogP contribution is 2.03. The lowest BCUT2D eigenvalue weighted by Gasteiger charge is -2.02. The zero-order valence-electron chi connectivity index (χ0n) is 8.63. The maximum absolute atomic E-state index is 5.31. The molecule has 0 spiro atoms. The lowest BCUT2D eigenvalue weighted by Crippen LogP contribution is -1.97. The lowest BCUT2D eigenvalue weighted by molar-refractivity contribution is 0.145. The first-order valence-corrected chi connectivity index (χ1v) is 5.72. The van der Waals surface area contributed by atoms with Crippen LogP contribution in [0, 0.1) is 0 Å². The molecule has 0 aliphatic heterocycles. The van der Waals surface area contributed by atoms with Crippen molar-refractivity contribution in [3.63, 3.8) is 0 Å². The van der Waals surface area contributed by atoms with E-state index in [2.05, 4.69) is 12.6 Å². The van der Waals surface area contributed by atoms with E-state index in [4.69, 9.17) is 9.47 Å².